The van der Waals surface area contributed by atoms with Crippen molar-refractivity contribution in [1.82, 2.24) is 9.80 Å². The van der Waals surface area contributed by atoms with Crippen molar-refractivity contribution in [2.45, 2.75) is 26.3 Å². The average Bonchev–Trinajstić information content (AvgIpc) is 2.31. The first-order valence-electron chi connectivity index (χ1n) is 5.76. The van der Waals surface area contributed by atoms with E-state index in [0.29, 0.717) is 12.0 Å². The van der Waals surface area contributed by atoms with Crippen LogP contribution in [-0.2, 0) is 0 Å². The lowest BCUT2D eigenvalue weighted by atomic mass is 10.1. The second-order valence-corrected chi connectivity index (χ2v) is 4.87. The van der Waals surface area contributed by atoms with Gasteiger partial charge in [-0.3, -0.25) is 0 Å². The number of hydrogen-bond donors (Lipinski definition) is 1. The third-order valence-electron chi connectivity index (χ3n) is 3.14. The van der Waals surface area contributed by atoms with Gasteiger partial charge in [-0.25, -0.2) is 0 Å². The maximum Gasteiger partial charge on any atom is 0.0191 e. The van der Waals surface area contributed by atoms with E-state index in [-0.39, 0.29) is 0 Å². The van der Waals surface area contributed by atoms with E-state index in [1.54, 1.807) is 0 Å². The molecule has 0 saturated carbocycles. The molecular weight excluding hydrogens is 174 g/mol. The van der Waals surface area contributed by atoms with E-state index in [0.717, 1.165) is 6.54 Å². The molecule has 0 aliphatic carbocycles. The lowest BCUT2D eigenvalue weighted by Crippen LogP contribution is -2.42. The Labute approximate surface area is 88.2 Å². The molecule has 84 valence electrons. The summed E-state index contributed by atoms with van der Waals surface area (Å²) in [5.41, 5.74) is 6.08. The molecule has 0 amide bonds. The van der Waals surface area contributed by atoms with Gasteiger partial charge in [-0.1, -0.05) is 13.8 Å². The fraction of sp³-hybridized carbons (Fsp3) is 1.00. The van der Waals surface area contributed by atoms with Gasteiger partial charge in [0.05, 0.1) is 0 Å². The van der Waals surface area contributed by atoms with Crippen LogP contribution in [0.4, 0.5) is 0 Å². The van der Waals surface area contributed by atoms with Crippen molar-refractivity contribution >= 4 is 0 Å². The lowest BCUT2D eigenvalue weighted by Gasteiger charge is -2.25. The highest BCUT2D eigenvalue weighted by Crippen LogP contribution is 2.05. The molecule has 1 saturated heterocycles. The molecule has 2 N–H and O–H groups in total. The van der Waals surface area contributed by atoms with Gasteiger partial charge in [0, 0.05) is 25.7 Å². The zero-order chi connectivity index (χ0) is 10.6. The van der Waals surface area contributed by atoms with E-state index in [9.17, 15) is 0 Å². The van der Waals surface area contributed by atoms with Crippen molar-refractivity contribution in [2.75, 3.05) is 39.8 Å². The summed E-state index contributed by atoms with van der Waals surface area (Å²) >= 11 is 0. The number of rotatable bonds is 3. The molecule has 1 rings (SSSR count). The first kappa shape index (κ1) is 12.0. The Morgan fingerprint density at radius 3 is 2.50 bits per heavy atom. The van der Waals surface area contributed by atoms with E-state index >= 15 is 0 Å². The lowest BCUT2D eigenvalue weighted by molar-refractivity contribution is 0.243. The van der Waals surface area contributed by atoms with Crippen LogP contribution < -0.4 is 5.73 Å². The third kappa shape index (κ3) is 3.95. The van der Waals surface area contributed by atoms with Crippen molar-refractivity contribution in [3.8, 4) is 0 Å². The Kier molecular flexibility index (Phi) is 4.85. The molecule has 1 atom stereocenters. The van der Waals surface area contributed by atoms with Crippen molar-refractivity contribution in [3.05, 3.63) is 0 Å². The van der Waals surface area contributed by atoms with Crippen molar-refractivity contribution < 1.29 is 0 Å². The summed E-state index contributed by atoms with van der Waals surface area (Å²) in [7, 11) is 2.20. The van der Waals surface area contributed by atoms with Crippen molar-refractivity contribution in [2.24, 2.45) is 11.7 Å². The minimum Gasteiger partial charge on any atom is -0.326 e. The smallest absolute Gasteiger partial charge is 0.0191 e. The van der Waals surface area contributed by atoms with Crippen LogP contribution in [-0.4, -0.2) is 55.6 Å². The van der Waals surface area contributed by atoms with Gasteiger partial charge in [-0.05, 0) is 32.5 Å². The fourth-order valence-electron chi connectivity index (χ4n) is 1.79. The first-order chi connectivity index (χ1) is 6.59. The van der Waals surface area contributed by atoms with Crippen LogP contribution >= 0.6 is 0 Å². The molecule has 1 fully saturated rings. The summed E-state index contributed by atoms with van der Waals surface area (Å²) in [6.45, 7) is 10.3. The Morgan fingerprint density at radius 2 is 1.86 bits per heavy atom. The maximum atomic E-state index is 6.08. The van der Waals surface area contributed by atoms with E-state index in [4.69, 9.17) is 5.73 Å². The molecule has 0 aromatic carbocycles. The minimum absolute atomic E-state index is 0.332. The molecule has 0 aromatic heterocycles. The highest BCUT2D eigenvalue weighted by atomic mass is 15.2. The van der Waals surface area contributed by atoms with Gasteiger partial charge in [0.25, 0.3) is 0 Å². The molecule has 0 aromatic rings. The molecule has 14 heavy (non-hydrogen) atoms. The number of nitrogens with zero attached hydrogens (tertiary/aromatic N) is 2. The molecule has 1 heterocycles. The Hall–Kier alpha value is -0.120. The average molecular weight is 199 g/mol. The zero-order valence-electron chi connectivity index (χ0n) is 9.87. The van der Waals surface area contributed by atoms with Crippen LogP contribution in [0, 0.1) is 5.92 Å². The van der Waals surface area contributed by atoms with E-state index in [2.05, 4.69) is 30.7 Å². The van der Waals surface area contributed by atoms with E-state index in [1.165, 1.54) is 32.6 Å². The van der Waals surface area contributed by atoms with Crippen molar-refractivity contribution in [1.29, 1.82) is 0 Å². The zero-order valence-corrected chi connectivity index (χ0v) is 9.87. The van der Waals surface area contributed by atoms with Crippen LogP contribution in [0.25, 0.3) is 0 Å². The SMILES string of the molecule is CC(C)C(N)CN1CCCN(C)CC1. The van der Waals surface area contributed by atoms with Crippen LogP contribution in [0.3, 0.4) is 0 Å². The van der Waals surface area contributed by atoms with Gasteiger partial charge in [-0.15, -0.1) is 0 Å². The molecule has 0 spiro atoms. The molecular formula is C11H25N3. The number of nitrogens with two attached hydrogens (primary N) is 1. The summed E-state index contributed by atoms with van der Waals surface area (Å²) in [6, 6.07) is 0.332. The Balaban J connectivity index is 2.30. The van der Waals surface area contributed by atoms with E-state index < -0.39 is 0 Å². The molecule has 0 radical (unpaired) electrons. The summed E-state index contributed by atoms with van der Waals surface area (Å²) in [5.74, 6) is 0.594. The maximum absolute atomic E-state index is 6.08. The monoisotopic (exact) mass is 199 g/mol. The van der Waals surface area contributed by atoms with Crippen LogP contribution in [0.1, 0.15) is 20.3 Å². The Morgan fingerprint density at radius 1 is 1.14 bits per heavy atom. The van der Waals surface area contributed by atoms with Crippen molar-refractivity contribution in [3.63, 3.8) is 0 Å². The van der Waals surface area contributed by atoms with Crippen LogP contribution in [0.15, 0.2) is 0 Å². The third-order valence-corrected chi connectivity index (χ3v) is 3.14. The minimum atomic E-state index is 0.332. The highest BCUT2D eigenvalue weighted by Gasteiger charge is 2.16. The molecule has 1 aliphatic heterocycles. The second-order valence-electron chi connectivity index (χ2n) is 4.87. The summed E-state index contributed by atoms with van der Waals surface area (Å²) < 4.78 is 0. The van der Waals surface area contributed by atoms with Gasteiger partial charge in [-0.2, -0.15) is 0 Å². The highest BCUT2D eigenvalue weighted by molar-refractivity contribution is 4.74. The predicted octanol–water partition coefficient (Wildman–Crippen LogP) is 0.607. The summed E-state index contributed by atoms with van der Waals surface area (Å²) in [4.78, 5) is 4.91. The predicted molar refractivity (Wildman–Crippen MR) is 61.4 cm³/mol. The summed E-state index contributed by atoms with van der Waals surface area (Å²) in [6.07, 6.45) is 1.28. The van der Waals surface area contributed by atoms with E-state index in [1.807, 2.05) is 0 Å². The van der Waals surface area contributed by atoms with Gasteiger partial charge in [0.1, 0.15) is 0 Å². The van der Waals surface area contributed by atoms with Crippen LogP contribution in [0.2, 0.25) is 0 Å². The normalized spacial score (nSPS) is 23.8. The fourth-order valence-corrected chi connectivity index (χ4v) is 1.79. The van der Waals surface area contributed by atoms with Gasteiger partial charge in [0.2, 0.25) is 0 Å². The first-order valence-corrected chi connectivity index (χ1v) is 5.76. The van der Waals surface area contributed by atoms with Crippen LogP contribution in [0.5, 0.6) is 0 Å². The molecule has 0 bridgehead atoms. The topological polar surface area (TPSA) is 32.5 Å². The molecule has 3 heteroatoms. The summed E-state index contributed by atoms with van der Waals surface area (Å²) in [5, 5.41) is 0. The number of hydrogen-bond acceptors (Lipinski definition) is 3. The quantitative estimate of drug-likeness (QED) is 0.723. The van der Waals surface area contributed by atoms with Gasteiger partial charge < -0.3 is 15.5 Å². The molecule has 3 nitrogen and oxygen atoms in total. The van der Waals surface area contributed by atoms with Gasteiger partial charge in [0.15, 0.2) is 0 Å². The standard InChI is InChI=1S/C11H25N3/c1-10(2)11(12)9-14-6-4-5-13(3)7-8-14/h10-11H,4-9,12H2,1-3H3. The largest absolute Gasteiger partial charge is 0.326 e. The molecule has 1 unspecified atom stereocenters. The Bertz CT molecular complexity index is 159. The van der Waals surface area contributed by atoms with Gasteiger partial charge >= 0.3 is 0 Å². The molecule has 1 aliphatic rings. The second kappa shape index (κ2) is 5.69. The number of likely N-dealkylation sites (N-methyl/N-ethyl adjacent to an activating group) is 1.